The van der Waals surface area contributed by atoms with E-state index < -0.39 is 10.0 Å². The van der Waals surface area contributed by atoms with E-state index >= 15 is 0 Å². The molecule has 0 saturated carbocycles. The zero-order valence-electron chi connectivity index (χ0n) is 14.5. The van der Waals surface area contributed by atoms with Gasteiger partial charge in [0.2, 0.25) is 10.0 Å². The molecule has 0 aromatic carbocycles. The second-order valence-corrected chi connectivity index (χ2v) is 9.43. The Morgan fingerprint density at radius 3 is 2.68 bits per heavy atom. The molecule has 0 amide bonds. The molecule has 0 unspecified atom stereocenters. The molecule has 2 aromatic heterocycles. The average Bonchev–Trinajstić information content (AvgIpc) is 3.20. The molecular formula is C15H23N5O2S3. The summed E-state index contributed by atoms with van der Waals surface area (Å²) < 4.78 is 26.9. The number of aryl methyl sites for hydroxylation is 2. The molecular weight excluding hydrogens is 378 g/mol. The molecule has 2 aromatic rings. The van der Waals surface area contributed by atoms with E-state index in [0.29, 0.717) is 23.3 Å². The number of aromatic nitrogens is 1. The molecule has 138 valence electrons. The normalized spacial score (nSPS) is 12.4. The van der Waals surface area contributed by atoms with Gasteiger partial charge in [-0.05, 0) is 32.2 Å². The number of thiophene rings is 1. The van der Waals surface area contributed by atoms with Gasteiger partial charge in [-0.15, -0.1) is 22.7 Å². The highest BCUT2D eigenvalue weighted by molar-refractivity contribution is 7.91. The number of thiazole rings is 1. The Labute approximate surface area is 156 Å². The fraction of sp³-hybridized carbons (Fsp3) is 0.467. The Bertz CT molecular complexity index is 778. The van der Waals surface area contributed by atoms with Crippen molar-refractivity contribution in [2.45, 2.75) is 31.5 Å². The van der Waals surface area contributed by atoms with Crippen LogP contribution in [0.2, 0.25) is 0 Å². The zero-order chi connectivity index (χ0) is 18.3. The Morgan fingerprint density at radius 2 is 2.08 bits per heavy atom. The Hall–Kier alpha value is -1.49. The summed E-state index contributed by atoms with van der Waals surface area (Å²) in [5.74, 6) is 0.642. The van der Waals surface area contributed by atoms with Gasteiger partial charge in [-0.2, -0.15) is 0 Å². The van der Waals surface area contributed by atoms with Gasteiger partial charge in [0.25, 0.3) is 0 Å². The van der Waals surface area contributed by atoms with Crippen LogP contribution in [0.5, 0.6) is 0 Å². The topological polar surface area (TPSA) is 95.5 Å². The van der Waals surface area contributed by atoms with Gasteiger partial charge >= 0.3 is 0 Å². The molecule has 2 heterocycles. The van der Waals surface area contributed by atoms with Crippen molar-refractivity contribution in [3.05, 3.63) is 33.1 Å². The van der Waals surface area contributed by atoms with E-state index in [4.69, 9.17) is 0 Å². The minimum atomic E-state index is -3.42. The van der Waals surface area contributed by atoms with Crippen LogP contribution in [-0.2, 0) is 16.6 Å². The molecule has 0 spiro atoms. The first-order chi connectivity index (χ1) is 11.9. The Kier molecular flexibility index (Phi) is 7.36. The Balaban J connectivity index is 1.83. The Morgan fingerprint density at radius 1 is 1.28 bits per heavy atom. The fourth-order valence-electron chi connectivity index (χ4n) is 1.95. The lowest BCUT2D eigenvalue weighted by molar-refractivity contribution is 0.582. The van der Waals surface area contributed by atoms with Crippen molar-refractivity contribution in [2.24, 2.45) is 4.99 Å². The van der Waals surface area contributed by atoms with Gasteiger partial charge in [0.15, 0.2) is 5.96 Å². The van der Waals surface area contributed by atoms with Crippen LogP contribution in [-0.4, -0.2) is 39.0 Å². The zero-order valence-corrected chi connectivity index (χ0v) is 16.9. The maximum absolute atomic E-state index is 12.0. The van der Waals surface area contributed by atoms with Crippen molar-refractivity contribution >= 4 is 38.7 Å². The van der Waals surface area contributed by atoms with E-state index in [1.165, 1.54) is 16.2 Å². The van der Waals surface area contributed by atoms with Crippen LogP contribution in [0.4, 0.5) is 0 Å². The van der Waals surface area contributed by atoms with E-state index in [2.05, 4.69) is 25.3 Å². The summed E-state index contributed by atoms with van der Waals surface area (Å²) in [6.45, 7) is 7.95. The van der Waals surface area contributed by atoms with Crippen LogP contribution in [0, 0.1) is 13.8 Å². The molecule has 7 nitrogen and oxygen atoms in total. The van der Waals surface area contributed by atoms with Crippen LogP contribution in [0.3, 0.4) is 0 Å². The van der Waals surface area contributed by atoms with Crippen molar-refractivity contribution in [3.63, 3.8) is 0 Å². The highest BCUT2D eigenvalue weighted by Crippen LogP contribution is 2.17. The predicted octanol–water partition coefficient (Wildman–Crippen LogP) is 1.86. The third-order valence-corrected chi connectivity index (χ3v) is 7.18. The van der Waals surface area contributed by atoms with Crippen molar-refractivity contribution in [2.75, 3.05) is 19.6 Å². The SMILES string of the molecule is CCNC(=NCc1nc(C)c(C)s1)NCCNS(=O)(=O)c1cccs1. The number of hydrogen-bond donors (Lipinski definition) is 3. The number of sulfonamides is 1. The third-order valence-electron chi connectivity index (χ3n) is 3.26. The van der Waals surface area contributed by atoms with E-state index in [0.717, 1.165) is 17.2 Å². The molecule has 0 bridgehead atoms. The minimum Gasteiger partial charge on any atom is -0.357 e. The molecule has 25 heavy (non-hydrogen) atoms. The summed E-state index contributed by atoms with van der Waals surface area (Å²) in [6, 6.07) is 3.30. The fourth-order valence-corrected chi connectivity index (χ4v) is 4.88. The van der Waals surface area contributed by atoms with Gasteiger partial charge in [-0.3, -0.25) is 0 Å². The van der Waals surface area contributed by atoms with Gasteiger partial charge in [-0.1, -0.05) is 6.07 Å². The van der Waals surface area contributed by atoms with E-state index in [9.17, 15) is 8.42 Å². The number of hydrogen-bond acceptors (Lipinski definition) is 6. The lowest BCUT2D eigenvalue weighted by atomic mass is 10.4. The summed E-state index contributed by atoms with van der Waals surface area (Å²) in [7, 11) is -3.42. The summed E-state index contributed by atoms with van der Waals surface area (Å²) in [5, 5.41) is 8.97. The molecule has 0 saturated heterocycles. The highest BCUT2D eigenvalue weighted by atomic mass is 32.2. The first-order valence-corrected chi connectivity index (χ1v) is 11.1. The van der Waals surface area contributed by atoms with Crippen molar-refractivity contribution < 1.29 is 8.42 Å². The molecule has 0 fully saturated rings. The third kappa shape index (κ3) is 6.07. The van der Waals surface area contributed by atoms with Gasteiger partial charge in [0, 0.05) is 24.5 Å². The number of aliphatic imine (C=N–C) groups is 1. The van der Waals surface area contributed by atoms with Crippen LogP contribution in [0.1, 0.15) is 22.5 Å². The lowest BCUT2D eigenvalue weighted by Crippen LogP contribution is -2.41. The quantitative estimate of drug-likeness (QED) is 0.356. The van der Waals surface area contributed by atoms with E-state index in [1.54, 1.807) is 28.8 Å². The molecule has 0 atom stereocenters. The van der Waals surface area contributed by atoms with Gasteiger partial charge in [0.05, 0.1) is 12.2 Å². The van der Waals surface area contributed by atoms with Crippen molar-refractivity contribution in [3.8, 4) is 0 Å². The van der Waals surface area contributed by atoms with Gasteiger partial charge in [-0.25, -0.2) is 23.1 Å². The summed E-state index contributed by atoms with van der Waals surface area (Å²) in [4.78, 5) is 10.2. The number of rotatable bonds is 8. The summed E-state index contributed by atoms with van der Waals surface area (Å²) in [6.07, 6.45) is 0. The van der Waals surface area contributed by atoms with Crippen LogP contribution < -0.4 is 15.4 Å². The van der Waals surface area contributed by atoms with Crippen molar-refractivity contribution in [1.82, 2.24) is 20.3 Å². The molecule has 0 aliphatic rings. The second-order valence-electron chi connectivity index (χ2n) is 5.20. The first kappa shape index (κ1) is 19.8. The van der Waals surface area contributed by atoms with Gasteiger partial charge in [0.1, 0.15) is 9.22 Å². The molecule has 3 N–H and O–H groups in total. The summed E-state index contributed by atoms with van der Waals surface area (Å²) in [5.41, 5.74) is 1.04. The van der Waals surface area contributed by atoms with Crippen LogP contribution >= 0.6 is 22.7 Å². The van der Waals surface area contributed by atoms with E-state index in [-0.39, 0.29) is 6.54 Å². The van der Waals surface area contributed by atoms with E-state index in [1.807, 2.05) is 20.8 Å². The highest BCUT2D eigenvalue weighted by Gasteiger charge is 2.13. The smallest absolute Gasteiger partial charge is 0.250 e. The molecule has 0 aliphatic carbocycles. The monoisotopic (exact) mass is 401 g/mol. The minimum absolute atomic E-state index is 0.278. The average molecular weight is 402 g/mol. The molecule has 10 heteroatoms. The largest absolute Gasteiger partial charge is 0.357 e. The molecule has 0 radical (unpaired) electrons. The molecule has 2 rings (SSSR count). The van der Waals surface area contributed by atoms with Crippen LogP contribution in [0.25, 0.3) is 0 Å². The maximum atomic E-state index is 12.0. The molecule has 0 aliphatic heterocycles. The standard InChI is InChI=1S/C15H23N5O2S3/c1-4-16-15(18-10-13-20-11(2)12(3)24-13)17-7-8-19-25(21,22)14-6-5-9-23-14/h5-6,9,19H,4,7-8,10H2,1-3H3,(H2,16,17,18). The van der Waals surface area contributed by atoms with Gasteiger partial charge < -0.3 is 10.6 Å². The maximum Gasteiger partial charge on any atom is 0.250 e. The second kappa shape index (κ2) is 9.27. The van der Waals surface area contributed by atoms with Crippen molar-refractivity contribution in [1.29, 1.82) is 0 Å². The number of guanidine groups is 1. The first-order valence-electron chi connectivity index (χ1n) is 7.90. The summed E-state index contributed by atoms with van der Waals surface area (Å²) >= 11 is 2.84. The predicted molar refractivity (Wildman–Crippen MR) is 104 cm³/mol. The number of nitrogens with zero attached hydrogens (tertiary/aromatic N) is 2. The lowest BCUT2D eigenvalue weighted by Gasteiger charge is -2.11. The number of nitrogens with one attached hydrogen (secondary N) is 3. The van der Waals surface area contributed by atoms with Crippen LogP contribution in [0.15, 0.2) is 26.7 Å².